The summed E-state index contributed by atoms with van der Waals surface area (Å²) in [5, 5.41) is 5.74. The molecule has 0 amide bonds. The van der Waals surface area contributed by atoms with Crippen LogP contribution in [0.25, 0.3) is 55.5 Å². The van der Waals surface area contributed by atoms with Gasteiger partial charge in [-0.3, -0.25) is 0 Å². The molecule has 0 aliphatic rings. The van der Waals surface area contributed by atoms with E-state index in [0.29, 0.717) is 5.95 Å². The highest BCUT2D eigenvalue weighted by molar-refractivity contribution is 5.86. The van der Waals surface area contributed by atoms with Gasteiger partial charge in [-0.25, -0.2) is 19.9 Å². The lowest BCUT2D eigenvalue weighted by Crippen LogP contribution is -2.09. The van der Waals surface area contributed by atoms with Gasteiger partial charge in [-0.15, -0.1) is 0 Å². The van der Waals surface area contributed by atoms with Crippen molar-refractivity contribution in [3.05, 3.63) is 285 Å². The molecular formula is C66H50N8. The summed E-state index contributed by atoms with van der Waals surface area (Å²) in [5.74, 6) is 0.854. The van der Waals surface area contributed by atoms with Crippen LogP contribution in [0.1, 0.15) is 0 Å². The van der Waals surface area contributed by atoms with Crippen molar-refractivity contribution < 1.29 is 0 Å². The first-order chi connectivity index (χ1) is 36.6. The molecule has 0 bridgehead atoms. The van der Waals surface area contributed by atoms with Crippen LogP contribution in [0.2, 0.25) is 0 Å². The third kappa shape index (κ3) is 10.8. The Morgan fingerprint density at radius 1 is 0.297 bits per heavy atom. The maximum Gasteiger partial charge on any atom is 0.227 e. The summed E-state index contributed by atoms with van der Waals surface area (Å²) in [6, 6.07) is 94.3. The fourth-order valence-corrected chi connectivity index (χ4v) is 8.99. The van der Waals surface area contributed by atoms with Gasteiger partial charge in [0.25, 0.3) is 0 Å². The topological polar surface area (TPSA) is 96.1 Å². The van der Waals surface area contributed by atoms with Crippen LogP contribution in [0.3, 0.4) is 0 Å². The van der Waals surface area contributed by atoms with Crippen LogP contribution in [0.15, 0.2) is 285 Å². The first-order valence-corrected chi connectivity index (χ1v) is 24.5. The van der Waals surface area contributed by atoms with Gasteiger partial charge in [0.15, 0.2) is 0 Å². The number of hydrogen-bond donors (Lipinski definition) is 2. The predicted octanol–water partition coefficient (Wildman–Crippen LogP) is 17.0. The number of rotatable bonds is 12. The number of nitrogen functional groups attached to an aromatic ring is 1. The number of hydrogen-bond acceptors (Lipinski definition) is 8. The molecule has 0 aliphatic carbocycles. The van der Waals surface area contributed by atoms with Crippen LogP contribution in [0.4, 0.5) is 51.7 Å². The average Bonchev–Trinajstić information content (AvgIpc) is 3.47. The molecule has 12 rings (SSSR count). The second-order valence-corrected chi connectivity index (χ2v) is 17.5. The minimum atomic E-state index is 0.281. The Morgan fingerprint density at radius 3 is 1.08 bits per heavy atom. The summed E-state index contributed by atoms with van der Waals surface area (Å²) < 4.78 is 0. The van der Waals surface area contributed by atoms with Crippen LogP contribution in [-0.4, -0.2) is 19.9 Å². The van der Waals surface area contributed by atoms with E-state index < -0.39 is 0 Å². The zero-order valence-corrected chi connectivity index (χ0v) is 40.4. The summed E-state index contributed by atoms with van der Waals surface area (Å²) in [5.41, 5.74) is 21.8. The van der Waals surface area contributed by atoms with Crippen molar-refractivity contribution in [2.45, 2.75) is 0 Å². The zero-order valence-electron chi connectivity index (χ0n) is 40.4. The molecule has 0 unspecified atom stereocenters. The molecular weight excluding hydrogens is 905 g/mol. The van der Waals surface area contributed by atoms with E-state index in [4.69, 9.17) is 10.7 Å². The van der Waals surface area contributed by atoms with Gasteiger partial charge >= 0.3 is 0 Å². The lowest BCUT2D eigenvalue weighted by molar-refractivity contribution is 1.17. The van der Waals surface area contributed by atoms with Crippen molar-refractivity contribution in [1.82, 2.24) is 19.9 Å². The maximum absolute atomic E-state index is 5.71. The molecule has 354 valence electrons. The van der Waals surface area contributed by atoms with Gasteiger partial charge in [0.2, 0.25) is 11.9 Å². The van der Waals surface area contributed by atoms with Gasteiger partial charge in [0, 0.05) is 63.3 Å². The summed E-state index contributed by atoms with van der Waals surface area (Å²) in [6.45, 7) is 0. The van der Waals surface area contributed by atoms with Gasteiger partial charge in [0.05, 0.1) is 11.4 Å². The smallest absolute Gasteiger partial charge is 0.227 e. The van der Waals surface area contributed by atoms with Crippen molar-refractivity contribution in [1.29, 1.82) is 0 Å². The van der Waals surface area contributed by atoms with Gasteiger partial charge in [-0.05, 0) is 130 Å². The molecule has 0 radical (unpaired) electrons. The highest BCUT2D eigenvalue weighted by Gasteiger charge is 2.14. The van der Waals surface area contributed by atoms with Crippen molar-refractivity contribution in [2.24, 2.45) is 0 Å². The van der Waals surface area contributed by atoms with E-state index in [0.717, 1.165) is 84.6 Å². The molecule has 8 heteroatoms. The van der Waals surface area contributed by atoms with Crippen LogP contribution < -0.4 is 20.9 Å². The van der Waals surface area contributed by atoms with Gasteiger partial charge < -0.3 is 20.9 Å². The normalized spacial score (nSPS) is 10.8. The largest absolute Gasteiger partial charge is 0.368 e. The first kappa shape index (κ1) is 46.2. The molecule has 74 heavy (non-hydrogen) atoms. The molecule has 0 saturated carbocycles. The van der Waals surface area contributed by atoms with Crippen molar-refractivity contribution in [3.63, 3.8) is 0 Å². The molecule has 0 atom stereocenters. The SMILES string of the molecule is Nc1nccc(-c2ccc(-c3ccc(N(c4ccccc4)c4ccccc4)cc3)cc2)n1.c1ccc(N(c2ccccc2)c2ccc(-c3ccc(-c4ccnc(Nc5ccc6ccccc6c5)n4)cc3)cc2)cc1. The number of aromatic nitrogens is 4. The Bertz CT molecular complexity index is 3650. The number of nitrogens with zero attached hydrogens (tertiary/aromatic N) is 6. The molecule has 12 aromatic rings. The van der Waals surface area contributed by atoms with E-state index >= 15 is 0 Å². The Labute approximate surface area is 431 Å². The second kappa shape index (κ2) is 21.9. The molecule has 10 aromatic carbocycles. The van der Waals surface area contributed by atoms with Crippen molar-refractivity contribution in [3.8, 4) is 44.8 Å². The number of benzene rings is 10. The summed E-state index contributed by atoms with van der Waals surface area (Å²) in [6.07, 6.45) is 3.47. The third-order valence-corrected chi connectivity index (χ3v) is 12.7. The monoisotopic (exact) mass is 954 g/mol. The number of para-hydroxylation sites is 4. The van der Waals surface area contributed by atoms with E-state index in [-0.39, 0.29) is 5.95 Å². The lowest BCUT2D eigenvalue weighted by atomic mass is 10.0. The van der Waals surface area contributed by atoms with Crippen LogP contribution >= 0.6 is 0 Å². The number of fused-ring (bicyclic) bond motifs is 1. The maximum atomic E-state index is 5.71. The van der Waals surface area contributed by atoms with Gasteiger partial charge in [-0.1, -0.05) is 176 Å². The standard InChI is InChI=1S/C38H28N4.C28H22N4/c1-3-11-34(12-4-1)42(35-13-5-2-6-14-35)36-23-20-30(21-24-36)29-15-17-31(18-16-29)37-25-26-39-38(41-37)40-33-22-19-28-9-7-8-10-32(28)27-33;29-28-30-20-19-27(31-28)23-13-11-21(12-14-23)22-15-17-26(18-16-22)32(24-7-3-1-4-8-24)25-9-5-2-6-10-25/h1-27H,(H,39,40,41);1-20H,(H2,29,30,31). The third-order valence-electron chi connectivity index (χ3n) is 12.7. The zero-order chi connectivity index (χ0) is 49.9. The van der Waals surface area contributed by atoms with E-state index in [2.05, 4.69) is 255 Å². The van der Waals surface area contributed by atoms with Crippen molar-refractivity contribution >= 4 is 62.5 Å². The van der Waals surface area contributed by atoms with Gasteiger partial charge in [0.1, 0.15) is 0 Å². The van der Waals surface area contributed by atoms with E-state index in [9.17, 15) is 0 Å². The van der Waals surface area contributed by atoms with Crippen molar-refractivity contribution in [2.75, 3.05) is 20.9 Å². The highest BCUT2D eigenvalue weighted by atomic mass is 15.1. The molecule has 0 aliphatic heterocycles. The summed E-state index contributed by atoms with van der Waals surface area (Å²) in [4.78, 5) is 22.0. The highest BCUT2D eigenvalue weighted by Crippen LogP contribution is 2.37. The molecule has 8 nitrogen and oxygen atoms in total. The van der Waals surface area contributed by atoms with Gasteiger partial charge in [-0.2, -0.15) is 0 Å². The lowest BCUT2D eigenvalue weighted by Gasteiger charge is -2.25. The molecule has 0 fully saturated rings. The summed E-state index contributed by atoms with van der Waals surface area (Å²) in [7, 11) is 0. The minimum Gasteiger partial charge on any atom is -0.368 e. The Kier molecular flexibility index (Phi) is 13.6. The van der Waals surface area contributed by atoms with E-state index in [1.807, 2.05) is 48.5 Å². The number of nitrogens with one attached hydrogen (secondary N) is 1. The minimum absolute atomic E-state index is 0.281. The fourth-order valence-electron chi connectivity index (χ4n) is 8.99. The average molecular weight is 955 g/mol. The van der Waals surface area contributed by atoms with Crippen LogP contribution in [0.5, 0.6) is 0 Å². The fraction of sp³-hybridized carbons (Fsp3) is 0. The first-order valence-electron chi connectivity index (χ1n) is 24.5. The Balaban J connectivity index is 0.000000165. The molecule has 2 aromatic heterocycles. The Hall–Kier alpha value is -10.2. The Morgan fingerprint density at radius 2 is 0.649 bits per heavy atom. The number of anilines is 9. The predicted molar refractivity (Wildman–Crippen MR) is 307 cm³/mol. The summed E-state index contributed by atoms with van der Waals surface area (Å²) >= 11 is 0. The van der Waals surface area contributed by atoms with Crippen LogP contribution in [-0.2, 0) is 0 Å². The van der Waals surface area contributed by atoms with E-state index in [1.54, 1.807) is 12.4 Å². The molecule has 0 spiro atoms. The molecule has 0 saturated heterocycles. The number of nitrogens with two attached hydrogens (primary N) is 1. The second-order valence-electron chi connectivity index (χ2n) is 17.5. The van der Waals surface area contributed by atoms with Crippen LogP contribution in [0, 0.1) is 0 Å². The van der Waals surface area contributed by atoms with E-state index in [1.165, 1.54) is 10.8 Å². The quantitative estimate of drug-likeness (QED) is 0.125. The molecule has 2 heterocycles. The molecule has 3 N–H and O–H groups in total.